The molecule has 1 aromatic carbocycles. The molecule has 3 rings (SSSR count). The number of para-hydroxylation sites is 1. The Hall–Kier alpha value is -2.30. The van der Waals surface area contributed by atoms with Gasteiger partial charge >= 0.3 is 5.97 Å². The lowest BCUT2D eigenvalue weighted by molar-refractivity contribution is -0.145. The van der Waals surface area contributed by atoms with Crippen molar-refractivity contribution in [3.05, 3.63) is 35.5 Å². The normalized spacial score (nSPS) is 21.1. The molecule has 1 unspecified atom stereocenters. The summed E-state index contributed by atoms with van der Waals surface area (Å²) in [4.78, 5) is 27.1. The first kappa shape index (κ1) is 14.6. The maximum absolute atomic E-state index is 12.2. The molecule has 5 nitrogen and oxygen atoms in total. The van der Waals surface area contributed by atoms with Gasteiger partial charge in [-0.2, -0.15) is 0 Å². The van der Waals surface area contributed by atoms with Crippen molar-refractivity contribution in [1.82, 2.24) is 10.3 Å². The zero-order valence-electron chi connectivity index (χ0n) is 12.9. The average Bonchev–Trinajstić information content (AvgIpc) is 2.96. The highest BCUT2D eigenvalue weighted by Gasteiger charge is 2.41. The molecule has 0 saturated carbocycles. The molecule has 1 saturated heterocycles. The van der Waals surface area contributed by atoms with Crippen LogP contribution >= 0.6 is 0 Å². The van der Waals surface area contributed by atoms with Crippen LogP contribution in [0.15, 0.2) is 24.3 Å². The van der Waals surface area contributed by atoms with Crippen molar-refractivity contribution < 1.29 is 14.3 Å². The molecule has 2 N–H and O–H groups in total. The summed E-state index contributed by atoms with van der Waals surface area (Å²) >= 11 is 0. The van der Waals surface area contributed by atoms with E-state index in [2.05, 4.69) is 16.4 Å². The second-order valence-corrected chi connectivity index (χ2v) is 6.04. The van der Waals surface area contributed by atoms with E-state index in [1.807, 2.05) is 25.1 Å². The fourth-order valence-corrected chi connectivity index (χ4v) is 2.99. The van der Waals surface area contributed by atoms with Gasteiger partial charge in [0.25, 0.3) is 0 Å². The van der Waals surface area contributed by atoms with Crippen LogP contribution in [0.5, 0.6) is 0 Å². The lowest BCUT2D eigenvalue weighted by atomic mass is 10.00. The van der Waals surface area contributed by atoms with Gasteiger partial charge in [-0.15, -0.1) is 0 Å². The van der Waals surface area contributed by atoms with Gasteiger partial charge in [0.15, 0.2) is 0 Å². The molecule has 1 amide bonds. The van der Waals surface area contributed by atoms with Crippen LogP contribution in [0, 0.1) is 6.92 Å². The number of carbonyl (C=O) groups is 2. The fourth-order valence-electron chi connectivity index (χ4n) is 2.99. The van der Waals surface area contributed by atoms with Crippen molar-refractivity contribution in [3.63, 3.8) is 0 Å². The van der Waals surface area contributed by atoms with Crippen LogP contribution in [-0.2, 0) is 20.7 Å². The second kappa shape index (κ2) is 5.48. The molecule has 0 radical (unpaired) electrons. The Balaban J connectivity index is 1.68. The molecule has 2 heterocycles. The summed E-state index contributed by atoms with van der Waals surface area (Å²) in [6.45, 7) is 4.11. The molecule has 1 aliphatic rings. The van der Waals surface area contributed by atoms with Gasteiger partial charge < -0.3 is 15.0 Å². The third kappa shape index (κ3) is 2.58. The third-order valence-corrected chi connectivity index (χ3v) is 4.33. The number of aromatic nitrogens is 1. The minimum atomic E-state index is -0.869. The summed E-state index contributed by atoms with van der Waals surface area (Å²) in [6, 6.07) is 8.07. The molecule has 0 spiro atoms. The molecule has 1 fully saturated rings. The van der Waals surface area contributed by atoms with Crippen LogP contribution in [-0.4, -0.2) is 29.0 Å². The van der Waals surface area contributed by atoms with E-state index < -0.39 is 5.54 Å². The SMILES string of the molecule is Cc1[nH]c2ccccc2c1CCC(=O)NC1(C)CCOC1=O. The lowest BCUT2D eigenvalue weighted by Crippen LogP contribution is -2.49. The minimum Gasteiger partial charge on any atom is -0.464 e. The number of esters is 1. The van der Waals surface area contributed by atoms with Crippen molar-refractivity contribution in [1.29, 1.82) is 0 Å². The second-order valence-electron chi connectivity index (χ2n) is 6.04. The molecule has 22 heavy (non-hydrogen) atoms. The number of nitrogens with one attached hydrogen (secondary N) is 2. The van der Waals surface area contributed by atoms with E-state index in [1.165, 1.54) is 0 Å². The maximum atomic E-state index is 12.2. The van der Waals surface area contributed by atoms with Gasteiger partial charge in [-0.1, -0.05) is 18.2 Å². The van der Waals surface area contributed by atoms with Gasteiger partial charge in [0.1, 0.15) is 5.54 Å². The Morgan fingerprint density at radius 2 is 2.18 bits per heavy atom. The summed E-state index contributed by atoms with van der Waals surface area (Å²) in [6.07, 6.45) is 1.53. The molecule has 1 aromatic heterocycles. The van der Waals surface area contributed by atoms with Gasteiger partial charge in [0, 0.05) is 29.4 Å². The Bertz CT molecular complexity index is 735. The molecule has 1 atom stereocenters. The highest BCUT2D eigenvalue weighted by Crippen LogP contribution is 2.24. The molecular weight excluding hydrogens is 280 g/mol. The Kier molecular flexibility index (Phi) is 3.64. The molecule has 5 heteroatoms. The largest absolute Gasteiger partial charge is 0.464 e. The monoisotopic (exact) mass is 300 g/mol. The topological polar surface area (TPSA) is 71.2 Å². The number of hydrogen-bond donors (Lipinski definition) is 2. The average molecular weight is 300 g/mol. The number of fused-ring (bicyclic) bond motifs is 1. The van der Waals surface area contributed by atoms with E-state index in [1.54, 1.807) is 6.92 Å². The smallest absolute Gasteiger partial charge is 0.331 e. The van der Waals surface area contributed by atoms with Crippen molar-refractivity contribution in [2.75, 3.05) is 6.61 Å². The number of ether oxygens (including phenoxy) is 1. The van der Waals surface area contributed by atoms with Crippen LogP contribution < -0.4 is 5.32 Å². The van der Waals surface area contributed by atoms with Crippen molar-refractivity contribution in [2.24, 2.45) is 0 Å². The predicted molar refractivity (Wildman–Crippen MR) is 83.5 cm³/mol. The fraction of sp³-hybridized carbons (Fsp3) is 0.412. The zero-order valence-corrected chi connectivity index (χ0v) is 12.9. The van der Waals surface area contributed by atoms with Gasteiger partial charge in [-0.3, -0.25) is 4.79 Å². The number of amides is 1. The first-order chi connectivity index (χ1) is 10.5. The summed E-state index contributed by atoms with van der Waals surface area (Å²) < 4.78 is 4.94. The molecule has 116 valence electrons. The molecule has 2 aromatic rings. The molecule has 0 aliphatic carbocycles. The van der Waals surface area contributed by atoms with Crippen LogP contribution in [0.2, 0.25) is 0 Å². The number of aryl methyl sites for hydroxylation is 2. The number of rotatable bonds is 4. The summed E-state index contributed by atoms with van der Waals surface area (Å²) in [5.74, 6) is -0.463. The van der Waals surface area contributed by atoms with Crippen molar-refractivity contribution >= 4 is 22.8 Å². The summed E-state index contributed by atoms with van der Waals surface area (Å²) in [5, 5.41) is 3.96. The van der Waals surface area contributed by atoms with E-state index in [4.69, 9.17) is 4.74 Å². The molecular formula is C17H20N2O3. The Labute approximate surface area is 129 Å². The quantitative estimate of drug-likeness (QED) is 0.851. The van der Waals surface area contributed by atoms with E-state index in [-0.39, 0.29) is 11.9 Å². The number of cyclic esters (lactones) is 1. The van der Waals surface area contributed by atoms with Gasteiger partial charge in [-0.25, -0.2) is 4.79 Å². The van der Waals surface area contributed by atoms with Crippen LogP contribution in [0.4, 0.5) is 0 Å². The van der Waals surface area contributed by atoms with Crippen LogP contribution in [0.1, 0.15) is 31.0 Å². The zero-order chi connectivity index (χ0) is 15.7. The third-order valence-electron chi connectivity index (χ3n) is 4.33. The highest BCUT2D eigenvalue weighted by atomic mass is 16.5. The Morgan fingerprint density at radius 1 is 1.41 bits per heavy atom. The van der Waals surface area contributed by atoms with Crippen LogP contribution in [0.3, 0.4) is 0 Å². The lowest BCUT2D eigenvalue weighted by Gasteiger charge is -2.20. The number of carbonyl (C=O) groups excluding carboxylic acids is 2. The van der Waals surface area contributed by atoms with Crippen molar-refractivity contribution in [2.45, 2.75) is 38.6 Å². The summed E-state index contributed by atoms with van der Waals surface area (Å²) in [5.41, 5.74) is 2.46. The standard InChI is InChI=1S/C17H20N2O3/c1-11-12(13-5-3-4-6-14(13)18-11)7-8-15(20)19-17(2)9-10-22-16(17)21/h3-6,18H,7-10H2,1-2H3,(H,19,20). The van der Waals surface area contributed by atoms with Gasteiger partial charge in [0.2, 0.25) is 5.91 Å². The number of H-pyrrole nitrogens is 1. The van der Waals surface area contributed by atoms with Crippen LogP contribution in [0.25, 0.3) is 10.9 Å². The molecule has 1 aliphatic heterocycles. The Morgan fingerprint density at radius 3 is 2.91 bits per heavy atom. The van der Waals surface area contributed by atoms with E-state index >= 15 is 0 Å². The summed E-state index contributed by atoms with van der Waals surface area (Å²) in [7, 11) is 0. The predicted octanol–water partition coefficient (Wildman–Crippen LogP) is 2.23. The van der Waals surface area contributed by atoms with E-state index in [0.29, 0.717) is 25.9 Å². The first-order valence-corrected chi connectivity index (χ1v) is 7.54. The number of aromatic amines is 1. The minimum absolute atomic E-state index is 0.119. The first-order valence-electron chi connectivity index (χ1n) is 7.54. The molecule has 0 bridgehead atoms. The highest BCUT2D eigenvalue weighted by molar-refractivity contribution is 5.89. The van der Waals surface area contributed by atoms with Gasteiger partial charge in [0.05, 0.1) is 6.61 Å². The maximum Gasteiger partial charge on any atom is 0.331 e. The van der Waals surface area contributed by atoms with Gasteiger partial charge in [-0.05, 0) is 31.9 Å². The van der Waals surface area contributed by atoms with E-state index in [0.717, 1.165) is 22.2 Å². The number of hydrogen-bond acceptors (Lipinski definition) is 3. The number of benzene rings is 1. The van der Waals surface area contributed by atoms with E-state index in [9.17, 15) is 9.59 Å². The van der Waals surface area contributed by atoms with Crippen molar-refractivity contribution in [3.8, 4) is 0 Å².